The van der Waals surface area contributed by atoms with Gasteiger partial charge in [-0.05, 0) is 30.3 Å². The van der Waals surface area contributed by atoms with Crippen molar-refractivity contribution >= 4 is 23.6 Å². The fourth-order valence-corrected chi connectivity index (χ4v) is 1.53. The highest BCUT2D eigenvalue weighted by Crippen LogP contribution is 2.16. The maximum Gasteiger partial charge on any atom is 0.328 e. The number of hydrogen-bond donors (Lipinski definition) is 2. The predicted molar refractivity (Wildman–Crippen MR) is 73.1 cm³/mol. The highest BCUT2D eigenvalue weighted by Gasteiger charge is 2.08. The number of amides is 1. The molecule has 0 aliphatic heterocycles. The number of carbonyl (C=O) groups is 2. The molecule has 0 bridgehead atoms. The minimum Gasteiger partial charge on any atom is -0.478 e. The summed E-state index contributed by atoms with van der Waals surface area (Å²) in [6.07, 6.45) is 4.63. The molecule has 0 saturated carbocycles. The molecule has 6 nitrogen and oxygen atoms in total. The molecule has 0 spiro atoms. The molecule has 0 unspecified atom stereocenters. The van der Waals surface area contributed by atoms with Crippen molar-refractivity contribution < 1.29 is 19.1 Å². The van der Waals surface area contributed by atoms with E-state index in [0.29, 0.717) is 5.56 Å². The van der Waals surface area contributed by atoms with E-state index in [4.69, 9.17) is 5.11 Å². The summed E-state index contributed by atoms with van der Waals surface area (Å²) in [5.74, 6) is -2.26. The first kappa shape index (κ1) is 14.3. The third-order valence-electron chi connectivity index (χ3n) is 2.51. The molecule has 21 heavy (non-hydrogen) atoms. The second-order valence-electron chi connectivity index (χ2n) is 3.99. The Bertz CT molecular complexity index is 702. The maximum absolute atomic E-state index is 13.7. The maximum atomic E-state index is 13.7. The quantitative estimate of drug-likeness (QED) is 0.839. The summed E-state index contributed by atoms with van der Waals surface area (Å²) in [5.41, 5.74) is 0.656. The normalized spacial score (nSPS) is 10.5. The molecule has 0 aliphatic carbocycles. The van der Waals surface area contributed by atoms with Crippen LogP contribution in [-0.2, 0) is 4.79 Å². The zero-order valence-corrected chi connectivity index (χ0v) is 10.7. The Labute approximate surface area is 118 Å². The van der Waals surface area contributed by atoms with Crippen LogP contribution in [0.4, 0.5) is 10.1 Å². The van der Waals surface area contributed by atoms with E-state index in [1.54, 1.807) is 0 Å². The van der Waals surface area contributed by atoms with E-state index < -0.39 is 17.7 Å². The van der Waals surface area contributed by atoms with Crippen LogP contribution in [0, 0.1) is 5.82 Å². The zero-order chi connectivity index (χ0) is 15.2. The Morgan fingerprint density at radius 1 is 1.24 bits per heavy atom. The molecule has 0 atom stereocenters. The van der Waals surface area contributed by atoms with Crippen molar-refractivity contribution in [1.29, 1.82) is 0 Å². The van der Waals surface area contributed by atoms with Gasteiger partial charge in [0.25, 0.3) is 5.91 Å². The lowest BCUT2D eigenvalue weighted by Gasteiger charge is -2.06. The van der Waals surface area contributed by atoms with Gasteiger partial charge in [-0.2, -0.15) is 10.2 Å². The number of aromatic nitrogens is 2. The topological polar surface area (TPSA) is 92.2 Å². The number of carbonyl (C=O) groups excluding carboxylic acids is 1. The first-order valence-electron chi connectivity index (χ1n) is 5.85. The second kappa shape index (κ2) is 6.38. The van der Waals surface area contributed by atoms with Crippen LogP contribution in [0.15, 0.2) is 42.7 Å². The average molecular weight is 287 g/mol. The van der Waals surface area contributed by atoms with E-state index in [1.165, 1.54) is 30.6 Å². The summed E-state index contributed by atoms with van der Waals surface area (Å²) in [6.45, 7) is 0. The summed E-state index contributed by atoms with van der Waals surface area (Å²) in [7, 11) is 0. The first-order valence-corrected chi connectivity index (χ1v) is 5.85. The lowest BCUT2D eigenvalue weighted by molar-refractivity contribution is -0.131. The fraction of sp³-hybridized carbons (Fsp3) is 0. The molecule has 7 heteroatoms. The number of aliphatic carboxylic acids is 1. The van der Waals surface area contributed by atoms with Crippen LogP contribution in [0.5, 0.6) is 0 Å². The van der Waals surface area contributed by atoms with Gasteiger partial charge < -0.3 is 10.4 Å². The van der Waals surface area contributed by atoms with Crippen LogP contribution < -0.4 is 5.32 Å². The third-order valence-corrected chi connectivity index (χ3v) is 2.51. The Morgan fingerprint density at radius 3 is 2.67 bits per heavy atom. The molecule has 106 valence electrons. The summed E-state index contributed by atoms with van der Waals surface area (Å²) >= 11 is 0. The number of nitrogens with zero attached hydrogens (tertiary/aromatic N) is 2. The minimum absolute atomic E-state index is 0.112. The highest BCUT2D eigenvalue weighted by molar-refractivity contribution is 6.04. The van der Waals surface area contributed by atoms with E-state index in [-0.39, 0.29) is 11.3 Å². The predicted octanol–water partition coefficient (Wildman–Crippen LogP) is 1.97. The van der Waals surface area contributed by atoms with Crippen LogP contribution in [0.2, 0.25) is 0 Å². The van der Waals surface area contributed by atoms with Crippen LogP contribution in [0.1, 0.15) is 15.9 Å². The number of carboxylic acids is 1. The summed E-state index contributed by atoms with van der Waals surface area (Å²) in [6, 6.07) is 5.42. The largest absolute Gasteiger partial charge is 0.478 e. The lowest BCUT2D eigenvalue weighted by Crippen LogP contribution is -2.12. The Hall–Kier alpha value is -3.09. The van der Waals surface area contributed by atoms with Crippen molar-refractivity contribution in [3.8, 4) is 0 Å². The van der Waals surface area contributed by atoms with Crippen molar-refractivity contribution in [3.05, 3.63) is 59.7 Å². The number of hydrogen-bond acceptors (Lipinski definition) is 4. The molecular weight excluding hydrogens is 277 g/mol. The van der Waals surface area contributed by atoms with Crippen molar-refractivity contribution in [2.24, 2.45) is 0 Å². The van der Waals surface area contributed by atoms with Gasteiger partial charge in [-0.15, -0.1) is 0 Å². The van der Waals surface area contributed by atoms with Crippen molar-refractivity contribution in [2.75, 3.05) is 5.32 Å². The second-order valence-corrected chi connectivity index (χ2v) is 3.99. The van der Waals surface area contributed by atoms with Crippen molar-refractivity contribution in [1.82, 2.24) is 10.2 Å². The molecule has 1 aromatic carbocycles. The summed E-state index contributed by atoms with van der Waals surface area (Å²) in [5, 5.41) is 18.1. The van der Waals surface area contributed by atoms with E-state index in [2.05, 4.69) is 15.5 Å². The number of nitrogens with one attached hydrogen (secondary N) is 1. The van der Waals surface area contributed by atoms with E-state index >= 15 is 0 Å². The first-order chi connectivity index (χ1) is 10.1. The molecule has 0 aliphatic rings. The molecular formula is C14H10FN3O3. The Morgan fingerprint density at radius 2 is 2.05 bits per heavy atom. The SMILES string of the molecule is O=C(O)/C=C/c1ccc(NC(=O)c2ccnnc2)cc1F. The number of anilines is 1. The Kier molecular flexibility index (Phi) is 4.35. The van der Waals surface area contributed by atoms with Gasteiger partial charge >= 0.3 is 5.97 Å². The molecule has 2 aromatic rings. The van der Waals surface area contributed by atoms with Crippen molar-refractivity contribution in [3.63, 3.8) is 0 Å². The fourth-order valence-electron chi connectivity index (χ4n) is 1.53. The Balaban J connectivity index is 2.14. The molecule has 1 heterocycles. The van der Waals surface area contributed by atoms with Crippen molar-refractivity contribution in [2.45, 2.75) is 0 Å². The number of benzene rings is 1. The van der Waals surface area contributed by atoms with Crippen LogP contribution >= 0.6 is 0 Å². The molecule has 0 saturated heterocycles. The van der Waals surface area contributed by atoms with Gasteiger partial charge in [-0.25, -0.2) is 9.18 Å². The standard InChI is InChI=1S/C14H10FN3O3/c15-12-7-11(3-1-9(12)2-4-13(19)20)18-14(21)10-5-6-16-17-8-10/h1-8H,(H,18,21)(H,19,20)/b4-2+. The van der Waals surface area contributed by atoms with Gasteiger partial charge in [0.2, 0.25) is 0 Å². The summed E-state index contributed by atoms with van der Waals surface area (Å²) < 4.78 is 13.7. The highest BCUT2D eigenvalue weighted by atomic mass is 19.1. The molecule has 2 N–H and O–H groups in total. The number of halogens is 1. The third kappa shape index (κ3) is 3.93. The molecule has 0 fully saturated rings. The van der Waals surface area contributed by atoms with E-state index in [9.17, 15) is 14.0 Å². The molecule has 0 radical (unpaired) electrons. The van der Waals surface area contributed by atoms with Gasteiger partial charge in [0.1, 0.15) is 5.82 Å². The molecule has 2 rings (SSSR count). The van der Waals surface area contributed by atoms with Gasteiger partial charge in [0, 0.05) is 17.3 Å². The van der Waals surface area contributed by atoms with E-state index in [0.717, 1.165) is 18.2 Å². The van der Waals surface area contributed by atoms with Crippen LogP contribution in [0.3, 0.4) is 0 Å². The minimum atomic E-state index is -1.17. The van der Waals surface area contributed by atoms with Gasteiger partial charge in [0.05, 0.1) is 18.0 Å². The monoisotopic (exact) mass is 287 g/mol. The summed E-state index contributed by atoms with van der Waals surface area (Å²) in [4.78, 5) is 22.2. The molecule has 1 aromatic heterocycles. The van der Waals surface area contributed by atoms with E-state index in [1.807, 2.05) is 0 Å². The number of carboxylic acid groups (broad SMARTS) is 1. The van der Waals surface area contributed by atoms with Gasteiger partial charge in [0.15, 0.2) is 0 Å². The molecule has 1 amide bonds. The van der Waals surface area contributed by atoms with Crippen LogP contribution in [0.25, 0.3) is 6.08 Å². The zero-order valence-electron chi connectivity index (χ0n) is 10.7. The van der Waals surface area contributed by atoms with Gasteiger partial charge in [-0.3, -0.25) is 4.79 Å². The van der Waals surface area contributed by atoms with Gasteiger partial charge in [-0.1, -0.05) is 0 Å². The lowest BCUT2D eigenvalue weighted by atomic mass is 10.1. The van der Waals surface area contributed by atoms with Crippen LogP contribution in [-0.4, -0.2) is 27.2 Å². The smallest absolute Gasteiger partial charge is 0.328 e. The average Bonchev–Trinajstić information content (AvgIpc) is 2.47. The number of rotatable bonds is 4.